The Morgan fingerprint density at radius 3 is 3.24 bits per heavy atom. The smallest absolute Gasteiger partial charge is 0.223 e. The maximum Gasteiger partial charge on any atom is 0.223 e. The van der Waals surface area contributed by atoms with Gasteiger partial charge in [0.25, 0.3) is 0 Å². The van der Waals surface area contributed by atoms with Gasteiger partial charge in [0.1, 0.15) is 5.52 Å². The fourth-order valence-corrected chi connectivity index (χ4v) is 2.77. The first-order valence-electron chi connectivity index (χ1n) is 5.59. The molecule has 90 valence electrons. The Morgan fingerprint density at radius 2 is 2.41 bits per heavy atom. The third kappa shape index (κ3) is 1.91. The third-order valence-corrected chi connectivity index (χ3v) is 3.58. The van der Waals surface area contributed by atoms with Crippen LogP contribution in [0.4, 0.5) is 11.8 Å². The summed E-state index contributed by atoms with van der Waals surface area (Å²) in [5.41, 5.74) is 8.38. The lowest BCUT2D eigenvalue weighted by Crippen LogP contribution is -2.49. The van der Waals surface area contributed by atoms with Gasteiger partial charge in [0.15, 0.2) is 10.6 Å². The summed E-state index contributed by atoms with van der Waals surface area (Å²) >= 11 is 1.50. The van der Waals surface area contributed by atoms with Gasteiger partial charge in [0, 0.05) is 25.7 Å². The predicted octanol–water partition coefficient (Wildman–Crippen LogP) is 0.467. The second-order valence-corrected chi connectivity index (χ2v) is 5.05. The highest BCUT2D eigenvalue weighted by Crippen LogP contribution is 2.26. The van der Waals surface area contributed by atoms with Crippen molar-refractivity contribution in [3.8, 4) is 0 Å². The summed E-state index contributed by atoms with van der Waals surface area (Å²) < 4.78 is 0. The topological polar surface area (TPSA) is 80.0 Å². The number of aromatic nitrogens is 3. The molecule has 3 N–H and O–H groups in total. The monoisotopic (exact) mass is 250 g/mol. The Bertz CT molecular complexity index is 539. The van der Waals surface area contributed by atoms with Crippen molar-refractivity contribution in [3.05, 3.63) is 5.51 Å². The SMILES string of the molecule is C[C@H]1CN(c2nc(N)nc3scnc23)CCN1. The maximum absolute atomic E-state index is 5.74. The van der Waals surface area contributed by atoms with E-state index in [1.54, 1.807) is 5.51 Å². The summed E-state index contributed by atoms with van der Waals surface area (Å²) in [4.78, 5) is 16.0. The molecule has 1 aliphatic rings. The predicted molar refractivity (Wildman–Crippen MR) is 69.3 cm³/mol. The number of piperazine rings is 1. The summed E-state index contributed by atoms with van der Waals surface area (Å²) in [7, 11) is 0. The average molecular weight is 250 g/mol. The molecule has 0 aromatic carbocycles. The number of nitrogen functional groups attached to an aromatic ring is 1. The lowest BCUT2D eigenvalue weighted by molar-refractivity contribution is 0.483. The van der Waals surface area contributed by atoms with Crippen LogP contribution in [0.15, 0.2) is 5.51 Å². The van der Waals surface area contributed by atoms with Gasteiger partial charge >= 0.3 is 0 Å². The molecule has 1 atom stereocenters. The van der Waals surface area contributed by atoms with Crippen molar-refractivity contribution in [2.75, 3.05) is 30.3 Å². The van der Waals surface area contributed by atoms with Gasteiger partial charge in [-0.2, -0.15) is 4.98 Å². The largest absolute Gasteiger partial charge is 0.368 e. The summed E-state index contributed by atoms with van der Waals surface area (Å²) in [5.74, 6) is 1.19. The first-order valence-corrected chi connectivity index (χ1v) is 6.47. The normalized spacial score (nSPS) is 21.0. The number of hydrogen-bond acceptors (Lipinski definition) is 7. The van der Waals surface area contributed by atoms with Crippen molar-refractivity contribution in [2.24, 2.45) is 0 Å². The van der Waals surface area contributed by atoms with Crippen molar-refractivity contribution in [1.82, 2.24) is 20.3 Å². The van der Waals surface area contributed by atoms with Crippen LogP contribution < -0.4 is 16.0 Å². The molecular formula is C10H14N6S. The molecule has 0 amide bonds. The molecule has 1 saturated heterocycles. The zero-order chi connectivity index (χ0) is 11.8. The number of fused-ring (bicyclic) bond motifs is 1. The van der Waals surface area contributed by atoms with Crippen LogP contribution in [-0.2, 0) is 0 Å². The highest BCUT2D eigenvalue weighted by Gasteiger charge is 2.20. The number of hydrogen-bond donors (Lipinski definition) is 2. The molecule has 1 aliphatic heterocycles. The van der Waals surface area contributed by atoms with Crippen LogP contribution in [0, 0.1) is 0 Å². The van der Waals surface area contributed by atoms with Gasteiger partial charge < -0.3 is 16.0 Å². The van der Waals surface area contributed by atoms with Crippen molar-refractivity contribution in [1.29, 1.82) is 0 Å². The summed E-state index contributed by atoms with van der Waals surface area (Å²) in [5, 5.41) is 3.40. The molecule has 2 aromatic rings. The quantitative estimate of drug-likeness (QED) is 0.765. The van der Waals surface area contributed by atoms with Crippen molar-refractivity contribution >= 4 is 33.5 Å². The number of rotatable bonds is 1. The van der Waals surface area contributed by atoms with Crippen LogP contribution in [0.3, 0.4) is 0 Å². The average Bonchev–Trinajstić information content (AvgIpc) is 2.75. The number of nitrogens with two attached hydrogens (primary N) is 1. The number of anilines is 2. The van der Waals surface area contributed by atoms with E-state index in [0.717, 1.165) is 35.8 Å². The second kappa shape index (κ2) is 4.08. The molecule has 2 aromatic heterocycles. The Kier molecular flexibility index (Phi) is 2.56. The van der Waals surface area contributed by atoms with Crippen LogP contribution in [-0.4, -0.2) is 40.6 Å². The molecule has 0 spiro atoms. The Balaban J connectivity index is 2.06. The zero-order valence-corrected chi connectivity index (χ0v) is 10.4. The summed E-state index contributed by atoms with van der Waals surface area (Å²) in [6.45, 7) is 4.96. The standard InChI is InChI=1S/C10H14N6S/c1-6-4-16(3-2-12-6)8-7-9(17-5-13-7)15-10(11)14-8/h5-6,12H,2-4H2,1H3,(H2,11,14,15)/t6-/m0/s1. The van der Waals surface area contributed by atoms with E-state index in [-0.39, 0.29) is 0 Å². The first-order chi connectivity index (χ1) is 8.24. The fourth-order valence-electron chi connectivity index (χ4n) is 2.11. The minimum atomic E-state index is 0.322. The van der Waals surface area contributed by atoms with E-state index >= 15 is 0 Å². The Hall–Kier alpha value is -1.47. The molecule has 17 heavy (non-hydrogen) atoms. The van der Waals surface area contributed by atoms with Crippen LogP contribution in [0.1, 0.15) is 6.92 Å². The van der Waals surface area contributed by atoms with Gasteiger partial charge in [0.2, 0.25) is 5.95 Å². The van der Waals surface area contributed by atoms with Gasteiger partial charge in [-0.1, -0.05) is 0 Å². The lowest BCUT2D eigenvalue weighted by Gasteiger charge is -2.32. The minimum Gasteiger partial charge on any atom is -0.368 e. The van der Waals surface area contributed by atoms with E-state index < -0.39 is 0 Å². The molecule has 3 heterocycles. The third-order valence-electron chi connectivity index (χ3n) is 2.87. The van der Waals surface area contributed by atoms with E-state index in [4.69, 9.17) is 5.73 Å². The molecule has 0 bridgehead atoms. The highest BCUT2D eigenvalue weighted by molar-refractivity contribution is 7.16. The summed E-state index contributed by atoms with van der Waals surface area (Å²) in [6, 6.07) is 0.452. The fraction of sp³-hybridized carbons (Fsp3) is 0.500. The van der Waals surface area contributed by atoms with Crippen molar-refractivity contribution in [3.63, 3.8) is 0 Å². The molecule has 0 saturated carbocycles. The summed E-state index contributed by atoms with van der Waals surface area (Å²) in [6.07, 6.45) is 0. The number of thiazole rings is 1. The molecular weight excluding hydrogens is 236 g/mol. The lowest BCUT2D eigenvalue weighted by atomic mass is 10.2. The van der Waals surface area contributed by atoms with Gasteiger partial charge in [-0.05, 0) is 6.92 Å². The van der Waals surface area contributed by atoms with Crippen molar-refractivity contribution < 1.29 is 0 Å². The minimum absolute atomic E-state index is 0.322. The van der Waals surface area contributed by atoms with Crippen molar-refractivity contribution in [2.45, 2.75) is 13.0 Å². The highest BCUT2D eigenvalue weighted by atomic mass is 32.1. The molecule has 0 aliphatic carbocycles. The van der Waals surface area contributed by atoms with Gasteiger partial charge in [-0.25, -0.2) is 9.97 Å². The Labute approximate surface area is 103 Å². The molecule has 0 unspecified atom stereocenters. The number of nitrogens with one attached hydrogen (secondary N) is 1. The molecule has 6 nitrogen and oxygen atoms in total. The van der Waals surface area contributed by atoms with Gasteiger partial charge in [-0.3, -0.25) is 0 Å². The molecule has 0 radical (unpaired) electrons. The van der Waals surface area contributed by atoms with E-state index in [1.165, 1.54) is 11.3 Å². The van der Waals surface area contributed by atoms with Crippen LogP contribution in [0.25, 0.3) is 10.3 Å². The molecule has 1 fully saturated rings. The Morgan fingerprint density at radius 1 is 1.53 bits per heavy atom. The van der Waals surface area contributed by atoms with E-state index in [1.807, 2.05) is 0 Å². The molecule has 7 heteroatoms. The molecule has 3 rings (SSSR count). The zero-order valence-electron chi connectivity index (χ0n) is 9.55. The van der Waals surface area contributed by atoms with Gasteiger partial charge in [0.05, 0.1) is 5.51 Å². The van der Waals surface area contributed by atoms with E-state index in [2.05, 4.69) is 32.1 Å². The maximum atomic E-state index is 5.74. The van der Waals surface area contributed by atoms with Crippen LogP contribution in [0.5, 0.6) is 0 Å². The van der Waals surface area contributed by atoms with Crippen LogP contribution in [0.2, 0.25) is 0 Å². The second-order valence-electron chi connectivity index (χ2n) is 4.21. The van der Waals surface area contributed by atoms with Crippen LogP contribution >= 0.6 is 11.3 Å². The first kappa shape index (κ1) is 10.7. The van der Waals surface area contributed by atoms with E-state index in [9.17, 15) is 0 Å². The van der Waals surface area contributed by atoms with E-state index in [0.29, 0.717) is 12.0 Å². The number of nitrogens with zero attached hydrogens (tertiary/aromatic N) is 4. The van der Waals surface area contributed by atoms with Gasteiger partial charge in [-0.15, -0.1) is 11.3 Å².